The molecule has 10 heteroatoms. The predicted molar refractivity (Wildman–Crippen MR) is 178 cm³/mol. The van der Waals surface area contributed by atoms with E-state index in [4.69, 9.17) is 9.47 Å². The average Bonchev–Trinajstić information content (AvgIpc) is 2.99. The van der Waals surface area contributed by atoms with Crippen LogP contribution in [0.3, 0.4) is 0 Å². The molecule has 2 unspecified atom stereocenters. The number of phenolic OH excluding ortho intramolecular Hbond substituents is 1. The van der Waals surface area contributed by atoms with E-state index in [0.717, 1.165) is 37.7 Å². The van der Waals surface area contributed by atoms with E-state index in [1.807, 2.05) is 30.3 Å². The minimum atomic E-state index is -1.09. The topological polar surface area (TPSA) is 134 Å². The Morgan fingerprint density at radius 2 is 1.61 bits per heavy atom. The van der Waals surface area contributed by atoms with E-state index in [1.165, 1.54) is 11.0 Å². The number of phenols is 1. The minimum Gasteiger partial charge on any atom is -0.508 e. The van der Waals surface area contributed by atoms with Gasteiger partial charge in [-0.3, -0.25) is 14.4 Å². The molecule has 0 heterocycles. The van der Waals surface area contributed by atoms with Gasteiger partial charge in [0.1, 0.15) is 23.4 Å². The highest BCUT2D eigenvalue weighted by Crippen LogP contribution is 2.28. The third-order valence-electron chi connectivity index (χ3n) is 7.34. The molecule has 0 aliphatic rings. The van der Waals surface area contributed by atoms with Crippen LogP contribution in [0.5, 0.6) is 5.75 Å². The molecule has 0 aliphatic heterocycles. The summed E-state index contributed by atoms with van der Waals surface area (Å²) in [6, 6.07) is 12.0. The number of alkyl carbamates (subject to hydrolysis) is 1. The summed E-state index contributed by atoms with van der Waals surface area (Å²) in [7, 11) is 0. The molecule has 0 aromatic heterocycles. The summed E-state index contributed by atoms with van der Waals surface area (Å²) in [6.07, 6.45) is 5.22. The summed E-state index contributed by atoms with van der Waals surface area (Å²) in [5.74, 6) is -1.30. The van der Waals surface area contributed by atoms with E-state index in [-0.39, 0.29) is 38.3 Å². The zero-order valence-electron chi connectivity index (χ0n) is 28.4. The highest BCUT2D eigenvalue weighted by Gasteiger charge is 2.36. The summed E-state index contributed by atoms with van der Waals surface area (Å²) in [6.45, 7) is 11.3. The average molecular weight is 640 g/mol. The number of aromatic hydroxyl groups is 1. The Labute approximate surface area is 274 Å². The van der Waals surface area contributed by atoms with Gasteiger partial charge >= 0.3 is 12.1 Å². The Kier molecular flexibility index (Phi) is 16.1. The van der Waals surface area contributed by atoms with E-state index < -0.39 is 41.6 Å². The van der Waals surface area contributed by atoms with Crippen molar-refractivity contribution in [1.29, 1.82) is 0 Å². The lowest BCUT2D eigenvalue weighted by Gasteiger charge is -2.35. The van der Waals surface area contributed by atoms with Gasteiger partial charge in [0, 0.05) is 19.5 Å². The number of esters is 1. The number of hydrogen-bond donors (Lipinski definition) is 3. The Morgan fingerprint density at radius 3 is 2.24 bits per heavy atom. The van der Waals surface area contributed by atoms with Crippen molar-refractivity contribution in [3.63, 3.8) is 0 Å². The number of unbranched alkanes of at least 4 members (excludes halogenated alkanes) is 5. The van der Waals surface area contributed by atoms with Gasteiger partial charge in [-0.1, -0.05) is 75.4 Å². The van der Waals surface area contributed by atoms with Crippen LogP contribution in [0.4, 0.5) is 4.79 Å². The van der Waals surface area contributed by atoms with Crippen LogP contribution in [0.2, 0.25) is 0 Å². The molecule has 0 saturated carbocycles. The highest BCUT2D eigenvalue weighted by atomic mass is 16.6. The van der Waals surface area contributed by atoms with Crippen molar-refractivity contribution < 1.29 is 33.8 Å². The zero-order chi connectivity index (χ0) is 34.1. The molecule has 0 fully saturated rings. The fraction of sp³-hybridized carbons (Fsp3) is 0.556. The van der Waals surface area contributed by atoms with Crippen LogP contribution in [-0.4, -0.2) is 65.2 Å². The largest absolute Gasteiger partial charge is 0.508 e. The molecular weight excluding hydrogens is 586 g/mol. The van der Waals surface area contributed by atoms with Crippen molar-refractivity contribution in [3.05, 3.63) is 65.2 Å². The van der Waals surface area contributed by atoms with Crippen LogP contribution in [-0.2, 0) is 30.3 Å². The first-order valence-electron chi connectivity index (χ1n) is 16.4. The monoisotopic (exact) mass is 639 g/mol. The molecule has 2 aromatic rings. The third-order valence-corrected chi connectivity index (χ3v) is 7.34. The van der Waals surface area contributed by atoms with Crippen LogP contribution in [0.25, 0.3) is 0 Å². The Balaban J connectivity index is 2.53. The van der Waals surface area contributed by atoms with E-state index in [2.05, 4.69) is 17.6 Å². The van der Waals surface area contributed by atoms with Crippen molar-refractivity contribution in [3.8, 4) is 5.75 Å². The predicted octanol–water partition coefficient (Wildman–Crippen LogP) is 6.14. The van der Waals surface area contributed by atoms with Crippen molar-refractivity contribution in [2.75, 3.05) is 19.7 Å². The molecule has 254 valence electrons. The summed E-state index contributed by atoms with van der Waals surface area (Å²) < 4.78 is 10.5. The smallest absolute Gasteiger partial charge is 0.408 e. The molecule has 46 heavy (non-hydrogen) atoms. The van der Waals surface area contributed by atoms with E-state index in [9.17, 15) is 24.3 Å². The molecule has 0 spiro atoms. The standard InChI is InChI=1S/C36H53N3O7/c1-7-9-10-11-12-16-23-39(34(43)29(25-27-17-14-13-15-18-27)38-35(44)46-36(4,5)6)32(28-19-20-30(40)26(3)24-28)33(42)37-22-21-31(41)45-8-2/h13-15,17-20,24,29,32,40H,7-12,16,21-23,25H2,1-6H3,(H,37,42)(H,38,44). The first-order valence-corrected chi connectivity index (χ1v) is 16.4. The second kappa shape index (κ2) is 19.4. The molecule has 3 amide bonds. The second-order valence-electron chi connectivity index (χ2n) is 12.5. The zero-order valence-corrected chi connectivity index (χ0v) is 28.4. The lowest BCUT2D eigenvalue weighted by Crippen LogP contribution is -2.54. The van der Waals surface area contributed by atoms with Crippen molar-refractivity contribution >= 4 is 23.9 Å². The number of hydrogen-bond acceptors (Lipinski definition) is 7. The number of benzene rings is 2. The number of ether oxygens (including phenoxy) is 2. The maximum Gasteiger partial charge on any atom is 0.408 e. The van der Waals surface area contributed by atoms with Crippen molar-refractivity contribution in [2.45, 2.75) is 111 Å². The van der Waals surface area contributed by atoms with E-state index in [1.54, 1.807) is 46.8 Å². The molecule has 0 saturated heterocycles. The van der Waals surface area contributed by atoms with Gasteiger partial charge in [-0.15, -0.1) is 0 Å². The van der Waals surface area contributed by atoms with E-state index in [0.29, 0.717) is 17.5 Å². The van der Waals surface area contributed by atoms with Gasteiger partial charge in [0.15, 0.2) is 0 Å². The normalized spacial score (nSPS) is 12.5. The quantitative estimate of drug-likeness (QED) is 0.132. The molecule has 2 aromatic carbocycles. The number of rotatable bonds is 18. The van der Waals surface area contributed by atoms with E-state index >= 15 is 0 Å². The number of nitrogens with zero attached hydrogens (tertiary/aromatic N) is 1. The van der Waals surface area contributed by atoms with Gasteiger partial charge in [-0.25, -0.2) is 4.79 Å². The summed E-state index contributed by atoms with van der Waals surface area (Å²) in [5.41, 5.74) is 1.08. The van der Waals surface area contributed by atoms with Gasteiger partial charge in [0.25, 0.3) is 0 Å². The molecule has 2 rings (SSSR count). The number of aryl methyl sites for hydroxylation is 1. The molecule has 0 aliphatic carbocycles. The lowest BCUT2D eigenvalue weighted by molar-refractivity contribution is -0.144. The number of amides is 3. The summed E-state index contributed by atoms with van der Waals surface area (Å²) in [5, 5.41) is 15.8. The van der Waals surface area contributed by atoms with Crippen LogP contribution < -0.4 is 10.6 Å². The molecule has 10 nitrogen and oxygen atoms in total. The first-order chi connectivity index (χ1) is 21.9. The Bertz CT molecular complexity index is 1260. The second-order valence-corrected chi connectivity index (χ2v) is 12.5. The van der Waals surface area contributed by atoms with Gasteiger partial charge in [-0.05, 0) is 69.9 Å². The van der Waals surface area contributed by atoms with Crippen LogP contribution in [0, 0.1) is 6.92 Å². The minimum absolute atomic E-state index is 0.0217. The van der Waals surface area contributed by atoms with Gasteiger partial charge in [0.05, 0.1) is 13.0 Å². The van der Waals surface area contributed by atoms with Gasteiger partial charge in [-0.2, -0.15) is 0 Å². The maximum atomic E-state index is 14.6. The molecule has 3 N–H and O–H groups in total. The van der Waals surface area contributed by atoms with Gasteiger partial charge in [0.2, 0.25) is 11.8 Å². The fourth-order valence-electron chi connectivity index (χ4n) is 5.07. The lowest BCUT2D eigenvalue weighted by atomic mass is 9.98. The summed E-state index contributed by atoms with van der Waals surface area (Å²) >= 11 is 0. The van der Waals surface area contributed by atoms with Gasteiger partial charge < -0.3 is 30.1 Å². The van der Waals surface area contributed by atoms with Crippen molar-refractivity contribution in [1.82, 2.24) is 15.5 Å². The maximum absolute atomic E-state index is 14.6. The molecular formula is C36H53N3O7. The highest BCUT2D eigenvalue weighted by molar-refractivity contribution is 5.92. The van der Waals surface area contributed by atoms with Crippen LogP contribution in [0.1, 0.15) is 102 Å². The Morgan fingerprint density at radius 1 is 0.935 bits per heavy atom. The summed E-state index contributed by atoms with van der Waals surface area (Å²) in [4.78, 5) is 55.1. The third kappa shape index (κ3) is 13.5. The SMILES string of the molecule is CCCCCCCCN(C(=O)C(Cc1ccccc1)NC(=O)OC(C)(C)C)C(C(=O)NCCC(=O)OCC)c1ccc(O)c(C)c1. The van der Waals surface area contributed by atoms with Crippen LogP contribution in [0.15, 0.2) is 48.5 Å². The van der Waals surface area contributed by atoms with Crippen LogP contribution >= 0.6 is 0 Å². The molecule has 2 atom stereocenters. The fourth-order valence-corrected chi connectivity index (χ4v) is 5.07. The molecule has 0 radical (unpaired) electrons. The number of carbonyl (C=O) groups is 4. The first kappa shape index (κ1) is 38.1. The number of carbonyl (C=O) groups excluding carboxylic acids is 4. The van der Waals surface area contributed by atoms with Crippen molar-refractivity contribution in [2.24, 2.45) is 0 Å². The molecule has 0 bridgehead atoms. The Hall–Kier alpha value is -4.08. The number of nitrogens with one attached hydrogen (secondary N) is 2.